The molecule has 0 amide bonds. The van der Waals surface area contributed by atoms with Crippen LogP contribution in [0.1, 0.15) is 11.1 Å². The highest BCUT2D eigenvalue weighted by Gasteiger charge is 2.01. The maximum absolute atomic E-state index is 10.6. The average molecular weight is 230 g/mol. The summed E-state index contributed by atoms with van der Waals surface area (Å²) in [6.07, 6.45) is 0.151. The van der Waals surface area contributed by atoms with Gasteiger partial charge >= 0.3 is 0 Å². The normalized spacial score (nSPS) is 9.67. The zero-order valence-corrected chi connectivity index (χ0v) is 8.44. The minimum absolute atomic E-state index is 0.0951. The number of carbonyl (C=O) groups excluding carboxylic acids is 1. The summed E-state index contributed by atoms with van der Waals surface area (Å²) in [4.78, 5) is 24.6. The number of benzene rings is 1. The molecule has 6 heteroatoms. The molecule has 80 valence electrons. The van der Waals surface area contributed by atoms with Gasteiger partial charge in [0.05, 0.1) is 0 Å². The molecule has 1 aromatic rings. The summed E-state index contributed by atoms with van der Waals surface area (Å²) in [6.45, 7) is -0.0951. The van der Waals surface area contributed by atoms with Crippen molar-refractivity contribution in [2.75, 3.05) is 0 Å². The van der Waals surface area contributed by atoms with Crippen molar-refractivity contribution in [3.8, 4) is 0 Å². The van der Waals surface area contributed by atoms with Crippen molar-refractivity contribution >= 4 is 16.8 Å². The van der Waals surface area contributed by atoms with Crippen molar-refractivity contribution in [2.45, 2.75) is 13.0 Å². The monoisotopic (exact) mass is 229 g/mol. The van der Waals surface area contributed by atoms with Gasteiger partial charge in [0.15, 0.2) is 0 Å². The van der Waals surface area contributed by atoms with E-state index in [1.165, 1.54) is 0 Å². The summed E-state index contributed by atoms with van der Waals surface area (Å²) in [5.41, 5.74) is 1.43. The molecule has 0 saturated carbocycles. The van der Waals surface area contributed by atoms with E-state index in [4.69, 9.17) is 11.6 Å². The summed E-state index contributed by atoms with van der Waals surface area (Å²) in [5, 5.41) is 8.61. The topological polar surface area (TPSA) is 69.4 Å². The minimum atomic E-state index is -0.851. The van der Waals surface area contributed by atoms with E-state index in [1.54, 1.807) is 24.3 Å². The lowest BCUT2D eigenvalue weighted by molar-refractivity contribution is -0.763. The molecule has 0 bridgehead atoms. The van der Waals surface area contributed by atoms with Gasteiger partial charge in [-0.3, -0.25) is 4.79 Å². The lowest BCUT2D eigenvalue weighted by Crippen LogP contribution is -2.00. The Morgan fingerprint density at radius 3 is 2.33 bits per heavy atom. The first-order chi connectivity index (χ1) is 7.08. The van der Waals surface area contributed by atoms with E-state index in [9.17, 15) is 14.9 Å². The van der Waals surface area contributed by atoms with Crippen LogP contribution in [-0.4, -0.2) is 10.3 Å². The number of rotatable bonds is 5. The van der Waals surface area contributed by atoms with Crippen LogP contribution >= 0.6 is 11.6 Å². The van der Waals surface area contributed by atoms with Crippen molar-refractivity contribution in [1.29, 1.82) is 0 Å². The molecule has 0 unspecified atom stereocenters. The lowest BCUT2D eigenvalue weighted by Gasteiger charge is -2.01. The van der Waals surface area contributed by atoms with Gasteiger partial charge in [0.1, 0.15) is 6.61 Å². The Hall–Kier alpha value is -1.62. The Bertz CT molecular complexity index is 363. The summed E-state index contributed by atoms with van der Waals surface area (Å²) in [5.74, 6) is 0. The molecule has 0 radical (unpaired) electrons. The predicted octanol–water partition coefficient (Wildman–Crippen LogP) is 1.70. The van der Waals surface area contributed by atoms with Crippen LogP contribution in [0.25, 0.3) is 0 Å². The largest absolute Gasteiger partial charge is 0.309 e. The van der Waals surface area contributed by atoms with Crippen molar-refractivity contribution in [2.24, 2.45) is 0 Å². The highest BCUT2D eigenvalue weighted by atomic mass is 35.5. The van der Waals surface area contributed by atoms with Gasteiger partial charge < -0.3 is 4.84 Å². The number of carbonyl (C=O) groups is 1. The second-order valence-corrected chi connectivity index (χ2v) is 3.27. The zero-order chi connectivity index (χ0) is 11.3. The van der Waals surface area contributed by atoms with Gasteiger partial charge in [0.25, 0.3) is 5.09 Å². The lowest BCUT2D eigenvalue weighted by atomic mass is 10.1. The van der Waals surface area contributed by atoms with Crippen LogP contribution < -0.4 is 0 Å². The Morgan fingerprint density at radius 1 is 1.33 bits per heavy atom. The highest BCUT2D eigenvalue weighted by Crippen LogP contribution is 2.07. The number of nitrogens with zero attached hydrogens (tertiary/aromatic N) is 1. The molecule has 0 aliphatic rings. The number of halogens is 1. The molecule has 0 aromatic heterocycles. The molecule has 0 spiro atoms. The first-order valence-electron chi connectivity index (χ1n) is 4.11. The van der Waals surface area contributed by atoms with Crippen LogP contribution in [0.15, 0.2) is 24.3 Å². The standard InChI is InChI=1S/C9H8ClNO4/c10-9(12)5-7-1-3-8(4-2-7)6-15-11(13)14/h1-4H,5-6H2. The van der Waals surface area contributed by atoms with Crippen LogP contribution in [0, 0.1) is 10.1 Å². The fourth-order valence-electron chi connectivity index (χ4n) is 1.04. The van der Waals surface area contributed by atoms with E-state index >= 15 is 0 Å². The van der Waals surface area contributed by atoms with E-state index in [-0.39, 0.29) is 13.0 Å². The Morgan fingerprint density at radius 2 is 1.87 bits per heavy atom. The third-order valence-corrected chi connectivity index (χ3v) is 1.84. The van der Waals surface area contributed by atoms with Gasteiger partial charge in [-0.25, -0.2) is 0 Å². The zero-order valence-electron chi connectivity index (χ0n) is 7.68. The maximum atomic E-state index is 10.6. The summed E-state index contributed by atoms with van der Waals surface area (Å²) >= 11 is 5.20. The summed E-state index contributed by atoms with van der Waals surface area (Å²) in [6, 6.07) is 6.66. The maximum Gasteiger partial charge on any atom is 0.294 e. The smallest absolute Gasteiger partial charge is 0.294 e. The quantitative estimate of drug-likeness (QED) is 0.438. The highest BCUT2D eigenvalue weighted by molar-refractivity contribution is 6.63. The molecule has 0 aliphatic heterocycles. The molecule has 1 aromatic carbocycles. The van der Waals surface area contributed by atoms with Crippen LogP contribution in [-0.2, 0) is 22.7 Å². The SMILES string of the molecule is O=C(Cl)Cc1ccc(CO[N+](=O)[O-])cc1. The molecular weight excluding hydrogens is 222 g/mol. The summed E-state index contributed by atoms with van der Waals surface area (Å²) in [7, 11) is 0. The second kappa shape index (κ2) is 5.31. The van der Waals surface area contributed by atoms with E-state index in [0.717, 1.165) is 5.56 Å². The van der Waals surface area contributed by atoms with Gasteiger partial charge in [-0.15, -0.1) is 10.1 Å². The minimum Gasteiger partial charge on any atom is -0.309 e. The van der Waals surface area contributed by atoms with E-state index in [0.29, 0.717) is 5.56 Å². The predicted molar refractivity (Wildman–Crippen MR) is 52.8 cm³/mol. The van der Waals surface area contributed by atoms with E-state index in [1.807, 2.05) is 0 Å². The molecule has 0 heterocycles. The number of hydrogen-bond acceptors (Lipinski definition) is 4. The molecule has 15 heavy (non-hydrogen) atoms. The third kappa shape index (κ3) is 4.42. The van der Waals surface area contributed by atoms with Crippen LogP contribution in [0.3, 0.4) is 0 Å². The van der Waals surface area contributed by atoms with Gasteiger partial charge in [-0.2, -0.15) is 0 Å². The van der Waals surface area contributed by atoms with Crippen molar-refractivity contribution in [3.63, 3.8) is 0 Å². The molecule has 5 nitrogen and oxygen atoms in total. The Kier molecular flexibility index (Phi) is 4.05. The van der Waals surface area contributed by atoms with Crippen molar-refractivity contribution in [1.82, 2.24) is 0 Å². The molecule has 0 fully saturated rings. The van der Waals surface area contributed by atoms with E-state index in [2.05, 4.69) is 4.84 Å². The molecule has 0 aliphatic carbocycles. The fraction of sp³-hybridized carbons (Fsp3) is 0.222. The molecular formula is C9H8ClNO4. The number of hydrogen-bond donors (Lipinski definition) is 0. The van der Waals surface area contributed by atoms with Gasteiger partial charge in [0.2, 0.25) is 5.24 Å². The van der Waals surface area contributed by atoms with Crippen LogP contribution in [0.5, 0.6) is 0 Å². The van der Waals surface area contributed by atoms with Crippen molar-refractivity contribution < 1.29 is 14.7 Å². The molecule has 1 rings (SSSR count). The van der Waals surface area contributed by atoms with Gasteiger partial charge in [0, 0.05) is 6.42 Å². The first-order valence-corrected chi connectivity index (χ1v) is 4.49. The second-order valence-electron chi connectivity index (χ2n) is 2.85. The Labute approximate surface area is 90.7 Å². The summed E-state index contributed by atoms with van der Waals surface area (Å²) < 4.78 is 0. The first kappa shape index (κ1) is 11.5. The Balaban J connectivity index is 2.56. The van der Waals surface area contributed by atoms with Gasteiger partial charge in [-0.05, 0) is 22.7 Å². The van der Waals surface area contributed by atoms with Crippen molar-refractivity contribution in [3.05, 3.63) is 45.5 Å². The third-order valence-electron chi connectivity index (χ3n) is 1.70. The van der Waals surface area contributed by atoms with Crippen LogP contribution in [0.2, 0.25) is 0 Å². The van der Waals surface area contributed by atoms with Crippen LogP contribution in [0.4, 0.5) is 0 Å². The molecule has 0 atom stereocenters. The molecule has 0 saturated heterocycles. The fourth-order valence-corrected chi connectivity index (χ4v) is 1.20. The molecule has 0 N–H and O–H groups in total. The van der Waals surface area contributed by atoms with E-state index < -0.39 is 10.3 Å². The van der Waals surface area contributed by atoms with Gasteiger partial charge in [-0.1, -0.05) is 24.3 Å². The average Bonchev–Trinajstić information content (AvgIpc) is 2.16.